The molecule has 11 heteroatoms. The Morgan fingerprint density at radius 2 is 2.09 bits per heavy atom. The number of alkyl halides is 2. The van der Waals surface area contributed by atoms with E-state index in [2.05, 4.69) is 30.7 Å². The van der Waals surface area contributed by atoms with Gasteiger partial charge in [-0.2, -0.15) is 13.9 Å². The molecular formula is C24H25F3N6O2. The first-order chi connectivity index (χ1) is 16.6. The molecule has 0 aliphatic carbocycles. The van der Waals surface area contributed by atoms with Gasteiger partial charge in [0.1, 0.15) is 12.4 Å². The number of carbonyl (C=O) groups excluding carboxylic acids is 1. The predicted octanol–water partition coefficient (Wildman–Crippen LogP) is 3.06. The Bertz CT molecular complexity index is 1310. The van der Waals surface area contributed by atoms with Gasteiger partial charge in [-0.05, 0) is 32.4 Å². The van der Waals surface area contributed by atoms with Gasteiger partial charge >= 0.3 is 0 Å². The number of aliphatic hydroxyl groups is 1. The molecule has 2 aliphatic rings. The summed E-state index contributed by atoms with van der Waals surface area (Å²) in [5.74, 6) is -4.37. The largest absolute Gasteiger partial charge is 0.390 e. The molecule has 2 saturated heterocycles. The van der Waals surface area contributed by atoms with Crippen LogP contribution in [0.4, 0.5) is 24.7 Å². The lowest BCUT2D eigenvalue weighted by Crippen LogP contribution is -2.59. The lowest BCUT2D eigenvalue weighted by Gasteiger charge is -2.47. The summed E-state index contributed by atoms with van der Waals surface area (Å²) in [5, 5.41) is 23.9. The SMILES string of the molecule is Cc1nnc(N[C@H](C)c2cccc(C(F)(F)CO)c2F)c2cc(N3CC4(CCNC4=O)C3)cnc12. The summed E-state index contributed by atoms with van der Waals surface area (Å²) in [7, 11) is 0. The number of aliphatic hydroxyl groups excluding tert-OH is 1. The molecule has 5 rings (SSSR count). The fourth-order valence-corrected chi connectivity index (χ4v) is 4.85. The van der Waals surface area contributed by atoms with Crippen LogP contribution in [0, 0.1) is 18.2 Å². The molecule has 3 N–H and O–H groups in total. The van der Waals surface area contributed by atoms with E-state index in [1.807, 2.05) is 6.07 Å². The van der Waals surface area contributed by atoms with E-state index in [0.717, 1.165) is 18.2 Å². The van der Waals surface area contributed by atoms with Gasteiger partial charge in [0.25, 0.3) is 5.92 Å². The number of amides is 1. The predicted molar refractivity (Wildman–Crippen MR) is 124 cm³/mol. The smallest absolute Gasteiger partial charge is 0.298 e. The summed E-state index contributed by atoms with van der Waals surface area (Å²) < 4.78 is 43.0. The van der Waals surface area contributed by atoms with Gasteiger partial charge in [-0.15, -0.1) is 5.10 Å². The molecule has 2 fully saturated rings. The van der Waals surface area contributed by atoms with Crippen LogP contribution in [-0.4, -0.2) is 52.4 Å². The molecule has 0 radical (unpaired) electrons. The third-order valence-corrected chi connectivity index (χ3v) is 6.94. The molecule has 4 heterocycles. The zero-order valence-corrected chi connectivity index (χ0v) is 19.3. The molecule has 0 saturated carbocycles. The van der Waals surface area contributed by atoms with E-state index >= 15 is 0 Å². The van der Waals surface area contributed by atoms with E-state index in [1.54, 1.807) is 20.0 Å². The number of hydrogen-bond acceptors (Lipinski definition) is 7. The lowest BCUT2D eigenvalue weighted by atomic mass is 9.78. The molecule has 1 aromatic carbocycles. The molecule has 184 valence electrons. The first-order valence-electron chi connectivity index (χ1n) is 11.4. The summed E-state index contributed by atoms with van der Waals surface area (Å²) in [5.41, 5.74) is 0.825. The van der Waals surface area contributed by atoms with Gasteiger partial charge in [0, 0.05) is 30.6 Å². The fourth-order valence-electron chi connectivity index (χ4n) is 4.85. The number of anilines is 2. The number of carbonyl (C=O) groups is 1. The van der Waals surface area contributed by atoms with Crippen LogP contribution in [0.15, 0.2) is 30.5 Å². The molecule has 1 atom stereocenters. The Balaban J connectivity index is 1.45. The highest BCUT2D eigenvalue weighted by Gasteiger charge is 2.51. The number of nitrogens with one attached hydrogen (secondary N) is 2. The molecule has 35 heavy (non-hydrogen) atoms. The van der Waals surface area contributed by atoms with Crippen LogP contribution in [0.2, 0.25) is 0 Å². The van der Waals surface area contributed by atoms with Crippen molar-refractivity contribution in [3.8, 4) is 0 Å². The normalized spacial score (nSPS) is 18.0. The van der Waals surface area contributed by atoms with Crippen LogP contribution < -0.4 is 15.5 Å². The van der Waals surface area contributed by atoms with Gasteiger partial charge in [0.2, 0.25) is 5.91 Å². The van der Waals surface area contributed by atoms with Crippen molar-refractivity contribution in [2.24, 2.45) is 5.41 Å². The molecule has 0 unspecified atom stereocenters. The molecular weight excluding hydrogens is 461 g/mol. The van der Waals surface area contributed by atoms with Crippen molar-refractivity contribution >= 4 is 28.3 Å². The van der Waals surface area contributed by atoms with Crippen molar-refractivity contribution < 1.29 is 23.1 Å². The maximum Gasteiger partial charge on any atom is 0.298 e. The fraction of sp³-hybridized carbons (Fsp3) is 0.417. The van der Waals surface area contributed by atoms with E-state index in [9.17, 15) is 18.0 Å². The summed E-state index contributed by atoms with van der Waals surface area (Å²) >= 11 is 0. The minimum absolute atomic E-state index is 0.00666. The maximum absolute atomic E-state index is 15.0. The summed E-state index contributed by atoms with van der Waals surface area (Å²) in [6.45, 7) is 3.79. The number of hydrogen-bond donors (Lipinski definition) is 3. The number of aryl methyl sites for hydroxylation is 1. The third-order valence-electron chi connectivity index (χ3n) is 6.94. The molecule has 2 aromatic heterocycles. The molecule has 1 amide bonds. The Kier molecular flexibility index (Phi) is 5.54. The van der Waals surface area contributed by atoms with E-state index in [4.69, 9.17) is 5.11 Å². The molecule has 2 aliphatic heterocycles. The minimum Gasteiger partial charge on any atom is -0.390 e. The quantitative estimate of drug-likeness (QED) is 0.492. The van der Waals surface area contributed by atoms with Gasteiger partial charge in [0.15, 0.2) is 5.82 Å². The lowest BCUT2D eigenvalue weighted by molar-refractivity contribution is -0.128. The number of nitrogens with zero attached hydrogens (tertiary/aromatic N) is 4. The van der Waals surface area contributed by atoms with Crippen LogP contribution in [0.3, 0.4) is 0 Å². The number of benzene rings is 1. The van der Waals surface area contributed by atoms with Crippen molar-refractivity contribution in [2.75, 3.05) is 36.5 Å². The second-order valence-electron chi connectivity index (χ2n) is 9.30. The number of rotatable bonds is 6. The first-order valence-corrected chi connectivity index (χ1v) is 11.4. The van der Waals surface area contributed by atoms with Crippen molar-refractivity contribution in [3.05, 3.63) is 53.1 Å². The van der Waals surface area contributed by atoms with Gasteiger partial charge in [-0.3, -0.25) is 9.78 Å². The summed E-state index contributed by atoms with van der Waals surface area (Å²) in [6.07, 6.45) is 2.53. The standard InChI is InChI=1S/C24H25F3N6O2/c1-13(16-4-3-5-18(19(16)25)24(26,27)12-34)30-21-17-8-15(9-29-20(17)14(2)31-32-21)33-10-23(11-33)6-7-28-22(23)35/h3-5,8-9,13,34H,6-7,10-12H2,1-2H3,(H,28,35)(H,30,32)/t13-/m1/s1. The van der Waals surface area contributed by atoms with Crippen LogP contribution in [0.1, 0.15) is 36.2 Å². The zero-order chi connectivity index (χ0) is 25.0. The average Bonchev–Trinajstić information content (AvgIpc) is 3.21. The minimum atomic E-state index is -3.69. The zero-order valence-electron chi connectivity index (χ0n) is 19.3. The Labute approximate surface area is 199 Å². The van der Waals surface area contributed by atoms with Crippen molar-refractivity contribution in [2.45, 2.75) is 32.2 Å². The van der Waals surface area contributed by atoms with Crippen molar-refractivity contribution in [1.82, 2.24) is 20.5 Å². The monoisotopic (exact) mass is 486 g/mol. The Hall–Kier alpha value is -3.47. The van der Waals surface area contributed by atoms with E-state index in [-0.39, 0.29) is 16.9 Å². The van der Waals surface area contributed by atoms with Gasteiger partial charge in [-0.1, -0.05) is 12.1 Å². The van der Waals surface area contributed by atoms with Crippen LogP contribution in [-0.2, 0) is 10.7 Å². The summed E-state index contributed by atoms with van der Waals surface area (Å²) in [4.78, 5) is 18.8. The second-order valence-corrected chi connectivity index (χ2v) is 9.30. The number of fused-ring (bicyclic) bond motifs is 1. The highest BCUT2D eigenvalue weighted by Crippen LogP contribution is 2.41. The molecule has 0 bridgehead atoms. The number of halogens is 3. The van der Waals surface area contributed by atoms with Gasteiger partial charge in [-0.25, -0.2) is 4.39 Å². The maximum atomic E-state index is 15.0. The van der Waals surface area contributed by atoms with Crippen LogP contribution >= 0.6 is 0 Å². The molecule has 8 nitrogen and oxygen atoms in total. The summed E-state index contributed by atoms with van der Waals surface area (Å²) in [6, 6.07) is 4.86. The number of aromatic nitrogens is 3. The van der Waals surface area contributed by atoms with Crippen LogP contribution in [0.5, 0.6) is 0 Å². The topological polar surface area (TPSA) is 103 Å². The van der Waals surface area contributed by atoms with E-state index in [1.165, 1.54) is 12.1 Å². The van der Waals surface area contributed by atoms with Crippen molar-refractivity contribution in [3.63, 3.8) is 0 Å². The van der Waals surface area contributed by atoms with E-state index < -0.39 is 30.0 Å². The Morgan fingerprint density at radius 3 is 2.77 bits per heavy atom. The van der Waals surface area contributed by atoms with Crippen LogP contribution in [0.25, 0.3) is 10.9 Å². The van der Waals surface area contributed by atoms with Crippen molar-refractivity contribution in [1.29, 1.82) is 0 Å². The van der Waals surface area contributed by atoms with Gasteiger partial charge in [0.05, 0.1) is 40.1 Å². The first kappa shape index (κ1) is 23.3. The molecule has 1 spiro atoms. The van der Waals surface area contributed by atoms with E-state index in [0.29, 0.717) is 42.0 Å². The second kappa shape index (κ2) is 8.33. The van der Waals surface area contributed by atoms with Gasteiger partial charge < -0.3 is 20.6 Å². The number of pyridine rings is 1. The Morgan fingerprint density at radius 1 is 1.31 bits per heavy atom. The third kappa shape index (κ3) is 3.83. The highest BCUT2D eigenvalue weighted by molar-refractivity contribution is 5.93. The average molecular weight is 486 g/mol. The highest BCUT2D eigenvalue weighted by atomic mass is 19.3. The molecule has 3 aromatic rings.